The summed E-state index contributed by atoms with van der Waals surface area (Å²) < 4.78 is 1.72. The highest BCUT2D eigenvalue weighted by Gasteiger charge is 2.18. The van der Waals surface area contributed by atoms with Gasteiger partial charge >= 0.3 is 0 Å². The van der Waals surface area contributed by atoms with Gasteiger partial charge in [0.15, 0.2) is 5.16 Å². The summed E-state index contributed by atoms with van der Waals surface area (Å²) in [6, 6.07) is 0. The van der Waals surface area contributed by atoms with Gasteiger partial charge in [0.05, 0.1) is 0 Å². The van der Waals surface area contributed by atoms with Gasteiger partial charge in [-0.25, -0.2) is 0 Å². The molecule has 2 heterocycles. The van der Waals surface area contributed by atoms with E-state index >= 15 is 0 Å². The highest BCUT2D eigenvalue weighted by molar-refractivity contribution is 7.99. The van der Waals surface area contributed by atoms with Crippen molar-refractivity contribution < 1.29 is 0 Å². The molecule has 0 aliphatic carbocycles. The third-order valence-electron chi connectivity index (χ3n) is 2.03. The first kappa shape index (κ1) is 8.74. The Morgan fingerprint density at radius 1 is 1.46 bits per heavy atom. The largest absolute Gasteiger partial charge is 0.284 e. The second-order valence-electron chi connectivity index (χ2n) is 3.33. The summed E-state index contributed by atoms with van der Waals surface area (Å²) in [6.45, 7) is 4.69. The predicted octanol–water partition coefficient (Wildman–Crippen LogP) is 0.867. The molecule has 1 aromatic rings. The minimum Gasteiger partial charge on any atom is -0.284 e. The van der Waals surface area contributed by atoms with Crippen molar-refractivity contribution in [2.24, 2.45) is 0 Å². The van der Waals surface area contributed by atoms with E-state index in [0.717, 1.165) is 17.5 Å². The molecule has 0 spiro atoms. The number of aromatic nitrogens is 3. The molecule has 13 heavy (non-hydrogen) atoms. The molecular formula is C8H11N3OS. The summed E-state index contributed by atoms with van der Waals surface area (Å²) in [7, 11) is 0. The van der Waals surface area contributed by atoms with Crippen LogP contribution in [0.5, 0.6) is 0 Å². The van der Waals surface area contributed by atoms with E-state index in [1.54, 1.807) is 16.3 Å². The number of thioether (sulfide) groups is 1. The second kappa shape index (κ2) is 3.14. The number of rotatable bonds is 1. The van der Waals surface area contributed by atoms with E-state index in [4.69, 9.17) is 0 Å². The van der Waals surface area contributed by atoms with Gasteiger partial charge in [0.1, 0.15) is 5.69 Å². The molecule has 2 rings (SSSR count). The normalized spacial score (nSPS) is 15.0. The molecule has 0 bridgehead atoms. The highest BCUT2D eigenvalue weighted by atomic mass is 32.2. The molecule has 0 fully saturated rings. The summed E-state index contributed by atoms with van der Waals surface area (Å²) in [5.41, 5.74) is 0.608. The van der Waals surface area contributed by atoms with Gasteiger partial charge in [0.25, 0.3) is 5.56 Å². The maximum Gasteiger partial charge on any atom is 0.276 e. The second-order valence-corrected chi connectivity index (χ2v) is 4.39. The molecule has 0 atom stereocenters. The van der Waals surface area contributed by atoms with Crippen molar-refractivity contribution in [2.45, 2.75) is 31.5 Å². The first-order chi connectivity index (χ1) is 6.20. The van der Waals surface area contributed by atoms with Crippen molar-refractivity contribution in [3.05, 3.63) is 16.0 Å². The molecule has 1 aliphatic heterocycles. The number of fused-ring (bicyclic) bond motifs is 1. The summed E-state index contributed by atoms with van der Waals surface area (Å²) in [5, 5.41) is 8.72. The molecule has 1 aromatic heterocycles. The average molecular weight is 197 g/mol. The zero-order valence-corrected chi connectivity index (χ0v) is 8.47. The van der Waals surface area contributed by atoms with Crippen LogP contribution in [-0.4, -0.2) is 20.5 Å². The number of hydrogen-bond acceptors (Lipinski definition) is 4. The van der Waals surface area contributed by atoms with Crippen molar-refractivity contribution >= 4 is 11.8 Å². The summed E-state index contributed by atoms with van der Waals surface area (Å²) in [4.78, 5) is 11.7. The van der Waals surface area contributed by atoms with Crippen LogP contribution < -0.4 is 5.56 Å². The highest BCUT2D eigenvalue weighted by Crippen LogP contribution is 2.20. The zero-order valence-electron chi connectivity index (χ0n) is 7.65. The van der Waals surface area contributed by atoms with E-state index in [2.05, 4.69) is 10.2 Å². The molecule has 70 valence electrons. The van der Waals surface area contributed by atoms with Crippen molar-refractivity contribution in [3.63, 3.8) is 0 Å². The van der Waals surface area contributed by atoms with E-state index in [1.807, 2.05) is 13.8 Å². The van der Waals surface area contributed by atoms with Crippen LogP contribution in [0.3, 0.4) is 0 Å². The standard InChI is InChI=1S/C8H11N3OS/c1-5(2)6-7(12)11-3-4-13-8(11)10-9-6/h5H,3-4H2,1-2H3. The van der Waals surface area contributed by atoms with E-state index in [-0.39, 0.29) is 11.5 Å². The van der Waals surface area contributed by atoms with Crippen LogP contribution in [0.15, 0.2) is 9.95 Å². The van der Waals surface area contributed by atoms with Crippen LogP contribution >= 0.6 is 11.8 Å². The van der Waals surface area contributed by atoms with Crippen LogP contribution in [0.1, 0.15) is 25.5 Å². The molecular weight excluding hydrogens is 186 g/mol. The smallest absolute Gasteiger partial charge is 0.276 e. The first-order valence-electron chi connectivity index (χ1n) is 4.30. The van der Waals surface area contributed by atoms with Gasteiger partial charge in [-0.2, -0.15) is 0 Å². The van der Waals surface area contributed by atoms with Crippen molar-refractivity contribution in [1.29, 1.82) is 0 Å². The lowest BCUT2D eigenvalue weighted by Gasteiger charge is -2.05. The Balaban J connectivity index is 2.59. The van der Waals surface area contributed by atoms with E-state index in [9.17, 15) is 4.79 Å². The third kappa shape index (κ3) is 1.37. The maximum absolute atomic E-state index is 11.7. The topological polar surface area (TPSA) is 47.8 Å². The van der Waals surface area contributed by atoms with Gasteiger partial charge in [-0.15, -0.1) is 10.2 Å². The Morgan fingerprint density at radius 2 is 2.23 bits per heavy atom. The summed E-state index contributed by atoms with van der Waals surface area (Å²) >= 11 is 1.59. The molecule has 1 aliphatic rings. The fourth-order valence-electron chi connectivity index (χ4n) is 1.31. The molecule has 4 nitrogen and oxygen atoms in total. The van der Waals surface area contributed by atoms with Crippen LogP contribution in [0.25, 0.3) is 0 Å². The van der Waals surface area contributed by atoms with Gasteiger partial charge < -0.3 is 0 Å². The molecule has 0 unspecified atom stereocenters. The van der Waals surface area contributed by atoms with Crippen molar-refractivity contribution in [1.82, 2.24) is 14.8 Å². The van der Waals surface area contributed by atoms with Gasteiger partial charge in [-0.05, 0) is 0 Å². The Kier molecular flexibility index (Phi) is 2.11. The van der Waals surface area contributed by atoms with Crippen LogP contribution in [0.2, 0.25) is 0 Å². The third-order valence-corrected chi connectivity index (χ3v) is 2.98. The monoisotopic (exact) mass is 197 g/mol. The fourth-order valence-corrected chi connectivity index (χ4v) is 2.20. The van der Waals surface area contributed by atoms with Gasteiger partial charge in [-0.3, -0.25) is 9.36 Å². The van der Waals surface area contributed by atoms with Crippen LogP contribution in [-0.2, 0) is 6.54 Å². The van der Waals surface area contributed by atoms with Gasteiger partial charge in [0.2, 0.25) is 0 Å². The van der Waals surface area contributed by atoms with Crippen LogP contribution in [0.4, 0.5) is 0 Å². The van der Waals surface area contributed by atoms with E-state index in [0.29, 0.717) is 5.69 Å². The summed E-state index contributed by atoms with van der Waals surface area (Å²) in [6.07, 6.45) is 0. The molecule has 0 aromatic carbocycles. The minimum atomic E-state index is 0.0324. The zero-order chi connectivity index (χ0) is 9.42. The Hall–Kier alpha value is -0.840. The first-order valence-corrected chi connectivity index (χ1v) is 5.29. The Bertz CT molecular complexity index is 385. The maximum atomic E-state index is 11.7. The van der Waals surface area contributed by atoms with Crippen LogP contribution in [0, 0.1) is 0 Å². The summed E-state index contributed by atoms with van der Waals surface area (Å²) in [5.74, 6) is 1.09. The molecule has 0 amide bonds. The van der Waals surface area contributed by atoms with E-state index in [1.165, 1.54) is 0 Å². The molecule has 0 N–H and O–H groups in total. The molecule has 0 saturated heterocycles. The quantitative estimate of drug-likeness (QED) is 0.670. The predicted molar refractivity (Wildman–Crippen MR) is 51.1 cm³/mol. The van der Waals surface area contributed by atoms with Crippen molar-refractivity contribution in [2.75, 3.05) is 5.75 Å². The Morgan fingerprint density at radius 3 is 2.92 bits per heavy atom. The molecule has 0 saturated carbocycles. The van der Waals surface area contributed by atoms with Crippen molar-refractivity contribution in [3.8, 4) is 0 Å². The van der Waals surface area contributed by atoms with Gasteiger partial charge in [-0.1, -0.05) is 25.6 Å². The molecule has 0 radical (unpaired) electrons. The Labute approximate surface area is 80.4 Å². The number of hydrogen-bond donors (Lipinski definition) is 0. The molecule has 5 heteroatoms. The lowest BCUT2D eigenvalue weighted by atomic mass is 10.1. The minimum absolute atomic E-state index is 0.0324. The lowest BCUT2D eigenvalue weighted by Crippen LogP contribution is -2.26. The number of nitrogens with zero attached hydrogens (tertiary/aromatic N) is 3. The fraction of sp³-hybridized carbons (Fsp3) is 0.625. The SMILES string of the molecule is CC(C)c1nnc2n(c1=O)CCS2. The van der Waals surface area contributed by atoms with E-state index < -0.39 is 0 Å². The average Bonchev–Trinajstić information content (AvgIpc) is 2.52. The lowest BCUT2D eigenvalue weighted by molar-refractivity contribution is 0.587. The van der Waals surface area contributed by atoms with Gasteiger partial charge in [0, 0.05) is 18.2 Å².